The predicted octanol–water partition coefficient (Wildman–Crippen LogP) is 2.74. The van der Waals surface area contributed by atoms with Gasteiger partial charge in [0.2, 0.25) is 0 Å². The molecule has 3 aliphatic carbocycles. The number of carbonyl (C=O) groups is 3. The van der Waals surface area contributed by atoms with Gasteiger partial charge in [-0.05, 0) is 62.6 Å². The van der Waals surface area contributed by atoms with Crippen LogP contribution in [0.15, 0.2) is 71.8 Å². The summed E-state index contributed by atoms with van der Waals surface area (Å²) in [6.07, 6.45) is -8.26. The number of aliphatic hydroxyl groups excluding tert-OH is 3. The molecule has 1 saturated heterocycles. The molecule has 0 bridgehead atoms. The maximum absolute atomic E-state index is 14.0. The Hall–Kier alpha value is -3.61. The average Bonchev–Trinajstić information content (AvgIpc) is 3.28. The van der Waals surface area contributed by atoms with Crippen LogP contribution in [-0.4, -0.2) is 92.8 Å². The van der Waals surface area contributed by atoms with E-state index >= 15 is 0 Å². The highest BCUT2D eigenvalue weighted by atomic mass is 16.6. The normalized spacial score (nSPS) is 37.8. The monoisotopic (exact) mass is 650 g/mol. The Labute approximate surface area is 273 Å². The molecular formula is C36H42O11. The van der Waals surface area contributed by atoms with Crippen LogP contribution in [0, 0.1) is 16.7 Å². The van der Waals surface area contributed by atoms with Crippen molar-refractivity contribution in [2.75, 3.05) is 6.61 Å². The third-order valence-electron chi connectivity index (χ3n) is 11.2. The molecule has 11 heteroatoms. The van der Waals surface area contributed by atoms with Crippen molar-refractivity contribution in [3.05, 3.63) is 82.9 Å². The summed E-state index contributed by atoms with van der Waals surface area (Å²) >= 11 is 0. The Morgan fingerprint density at radius 3 is 1.96 bits per heavy atom. The van der Waals surface area contributed by atoms with E-state index in [2.05, 4.69) is 0 Å². The molecule has 3 fully saturated rings. The molecule has 10 atom stereocenters. The van der Waals surface area contributed by atoms with Crippen molar-refractivity contribution in [2.24, 2.45) is 16.7 Å². The maximum atomic E-state index is 14.0. The molecule has 47 heavy (non-hydrogen) atoms. The summed E-state index contributed by atoms with van der Waals surface area (Å²) in [6, 6.07) is 16.5. The van der Waals surface area contributed by atoms with Crippen LogP contribution in [0.3, 0.4) is 0 Å². The van der Waals surface area contributed by atoms with Crippen molar-refractivity contribution in [2.45, 2.75) is 95.3 Å². The number of hydrogen-bond donors (Lipinski definition) is 4. The van der Waals surface area contributed by atoms with Gasteiger partial charge >= 0.3 is 17.9 Å². The smallest absolute Gasteiger partial charge is 0.338 e. The topological polar surface area (TPSA) is 169 Å². The van der Waals surface area contributed by atoms with E-state index < -0.39 is 82.5 Å². The molecule has 2 aromatic rings. The number of ether oxygens (including phenoxy) is 4. The van der Waals surface area contributed by atoms with E-state index in [-0.39, 0.29) is 36.1 Å². The molecule has 1 unspecified atom stereocenters. The summed E-state index contributed by atoms with van der Waals surface area (Å²) in [5.41, 5.74) is -5.83. The summed E-state index contributed by atoms with van der Waals surface area (Å²) in [5.74, 6) is -3.35. The Morgan fingerprint density at radius 1 is 0.915 bits per heavy atom. The third-order valence-corrected chi connectivity index (χ3v) is 11.2. The Morgan fingerprint density at radius 2 is 1.47 bits per heavy atom. The summed E-state index contributed by atoms with van der Waals surface area (Å²) in [7, 11) is 0. The Kier molecular flexibility index (Phi) is 8.16. The van der Waals surface area contributed by atoms with Crippen LogP contribution in [0.2, 0.25) is 0 Å². The minimum atomic E-state index is -1.79. The number of carbonyl (C=O) groups excluding carboxylic acids is 3. The fraction of sp³-hybridized carbons (Fsp3) is 0.528. The van der Waals surface area contributed by atoms with Crippen LogP contribution < -0.4 is 0 Å². The van der Waals surface area contributed by atoms with Gasteiger partial charge in [0.15, 0.2) is 5.60 Å². The van der Waals surface area contributed by atoms with Crippen molar-refractivity contribution in [3.63, 3.8) is 0 Å². The maximum Gasteiger partial charge on any atom is 0.338 e. The van der Waals surface area contributed by atoms with Gasteiger partial charge in [0.05, 0.1) is 46.9 Å². The van der Waals surface area contributed by atoms with Gasteiger partial charge in [-0.25, -0.2) is 9.59 Å². The lowest BCUT2D eigenvalue weighted by atomic mass is 9.49. The first-order chi connectivity index (χ1) is 22.1. The van der Waals surface area contributed by atoms with Crippen LogP contribution in [-0.2, 0) is 23.7 Å². The lowest BCUT2D eigenvalue weighted by molar-refractivity contribution is -0.350. The second kappa shape index (κ2) is 11.5. The van der Waals surface area contributed by atoms with Gasteiger partial charge in [-0.2, -0.15) is 0 Å². The molecule has 4 aliphatic rings. The standard InChI is InChI=1S/C36H42O11/c1-19-23(38)17-35(33(3,4)43)26(19)27(39)29(40)34(5)24(45-31(41)21-12-8-6-9-13-21)16-25-36(18-44-25,47-20(2)37)28(34)30(35)46-32(42)22-14-10-7-11-15-22/h6-15,23-25,27-30,38-40,43H,16-18H2,1-5H3/t23-,24-,25+,27+,28?,29-,30-,34+,35-,36-/m0/s1. The summed E-state index contributed by atoms with van der Waals surface area (Å²) in [6.45, 7) is 7.28. The minimum Gasteiger partial charge on any atom is -0.458 e. The zero-order valence-electron chi connectivity index (χ0n) is 27.1. The number of fused-ring (bicyclic) bond motifs is 4. The van der Waals surface area contributed by atoms with Crippen LogP contribution >= 0.6 is 0 Å². The highest BCUT2D eigenvalue weighted by Gasteiger charge is 2.79. The zero-order chi connectivity index (χ0) is 34.1. The predicted molar refractivity (Wildman–Crippen MR) is 166 cm³/mol. The molecule has 11 nitrogen and oxygen atoms in total. The quantitative estimate of drug-likeness (QED) is 0.206. The first-order valence-corrected chi connectivity index (χ1v) is 15.9. The number of rotatable bonds is 6. The number of hydrogen-bond acceptors (Lipinski definition) is 11. The Bertz CT molecular complexity index is 1580. The first-order valence-electron chi connectivity index (χ1n) is 15.9. The van der Waals surface area contributed by atoms with Crippen molar-refractivity contribution in [1.82, 2.24) is 0 Å². The van der Waals surface area contributed by atoms with Gasteiger partial charge < -0.3 is 39.4 Å². The lowest BCUT2D eigenvalue weighted by Gasteiger charge is -2.65. The van der Waals surface area contributed by atoms with Gasteiger partial charge in [0.25, 0.3) is 0 Å². The van der Waals surface area contributed by atoms with Crippen LogP contribution in [0.25, 0.3) is 0 Å². The molecular weight excluding hydrogens is 608 g/mol. The fourth-order valence-corrected chi connectivity index (χ4v) is 8.93. The molecule has 6 rings (SSSR count). The number of aliphatic hydroxyl groups is 4. The summed E-state index contributed by atoms with van der Waals surface area (Å²) in [4.78, 5) is 40.4. The van der Waals surface area contributed by atoms with Crippen molar-refractivity contribution >= 4 is 17.9 Å². The number of esters is 3. The molecule has 0 aromatic heterocycles. The van der Waals surface area contributed by atoms with Crippen molar-refractivity contribution < 1.29 is 53.8 Å². The minimum absolute atomic E-state index is 0.0157. The Balaban J connectivity index is 1.63. The largest absolute Gasteiger partial charge is 0.458 e. The average molecular weight is 651 g/mol. The molecule has 1 heterocycles. The van der Waals surface area contributed by atoms with Gasteiger partial charge in [0, 0.05) is 18.8 Å². The van der Waals surface area contributed by atoms with Crippen LogP contribution in [0.4, 0.5) is 0 Å². The molecule has 0 radical (unpaired) electrons. The molecule has 4 N–H and O–H groups in total. The van der Waals surface area contributed by atoms with Crippen LogP contribution in [0.1, 0.15) is 68.2 Å². The van der Waals surface area contributed by atoms with E-state index in [1.54, 1.807) is 74.5 Å². The van der Waals surface area contributed by atoms with Crippen molar-refractivity contribution in [3.8, 4) is 0 Å². The summed E-state index contributed by atoms with van der Waals surface area (Å²) < 4.78 is 24.7. The molecule has 0 spiro atoms. The highest BCUT2D eigenvalue weighted by Crippen LogP contribution is 2.68. The molecule has 2 aromatic carbocycles. The van der Waals surface area contributed by atoms with Gasteiger partial charge in [-0.15, -0.1) is 0 Å². The second-order valence-electron chi connectivity index (χ2n) is 14.1. The van der Waals surface area contributed by atoms with E-state index in [9.17, 15) is 34.8 Å². The second-order valence-corrected chi connectivity index (χ2v) is 14.1. The molecule has 2 saturated carbocycles. The number of benzene rings is 2. The van der Waals surface area contributed by atoms with E-state index in [4.69, 9.17) is 18.9 Å². The lowest BCUT2D eigenvalue weighted by Crippen LogP contribution is -2.79. The first kappa shape index (κ1) is 33.3. The highest BCUT2D eigenvalue weighted by molar-refractivity contribution is 5.90. The van der Waals surface area contributed by atoms with Crippen molar-refractivity contribution in [1.29, 1.82) is 0 Å². The van der Waals surface area contributed by atoms with Gasteiger partial charge in [-0.1, -0.05) is 43.3 Å². The van der Waals surface area contributed by atoms with E-state index in [0.29, 0.717) is 5.57 Å². The van der Waals surface area contributed by atoms with Gasteiger partial charge in [0.1, 0.15) is 24.4 Å². The summed E-state index contributed by atoms with van der Waals surface area (Å²) in [5, 5.41) is 48.0. The van der Waals surface area contributed by atoms with Crippen LogP contribution in [0.5, 0.6) is 0 Å². The molecule has 0 amide bonds. The van der Waals surface area contributed by atoms with E-state index in [0.717, 1.165) is 0 Å². The third kappa shape index (κ3) is 4.85. The van der Waals surface area contributed by atoms with E-state index in [1.165, 1.54) is 20.8 Å². The SMILES string of the molecule is CC(=O)O[C@@]12CO[C@@H]1C[C@H](OC(=O)c1ccccc1)[C@]1(C)C2[C@H](OC(=O)c2ccccc2)[C@]2(C(C)(C)O)C[C@H](O)C(C)=C2[C@@H](O)[C@@H]1O. The van der Waals surface area contributed by atoms with Gasteiger partial charge in [-0.3, -0.25) is 4.79 Å². The molecule has 252 valence electrons. The van der Waals surface area contributed by atoms with E-state index in [1.807, 2.05) is 0 Å². The zero-order valence-corrected chi connectivity index (χ0v) is 27.1. The molecule has 1 aliphatic heterocycles. The fourth-order valence-electron chi connectivity index (χ4n) is 8.93.